The zero-order valence-corrected chi connectivity index (χ0v) is 9.63. The topological polar surface area (TPSA) is 55.5 Å². The zero-order valence-electron chi connectivity index (χ0n) is 9.63. The molecule has 0 bridgehead atoms. The SMILES string of the molecule is COc1ccc(C(O)c2ccc(N)cc2)cc1. The molecule has 1 atom stereocenters. The highest BCUT2D eigenvalue weighted by Gasteiger charge is 2.09. The number of benzene rings is 2. The Morgan fingerprint density at radius 1 is 0.941 bits per heavy atom. The van der Waals surface area contributed by atoms with Gasteiger partial charge < -0.3 is 15.6 Å². The number of hydrogen-bond donors (Lipinski definition) is 2. The fourth-order valence-corrected chi connectivity index (χ4v) is 1.66. The average molecular weight is 229 g/mol. The zero-order chi connectivity index (χ0) is 12.3. The van der Waals surface area contributed by atoms with Gasteiger partial charge in [-0.05, 0) is 35.4 Å². The lowest BCUT2D eigenvalue weighted by Crippen LogP contribution is -1.99. The third-order valence-corrected chi connectivity index (χ3v) is 2.68. The lowest BCUT2D eigenvalue weighted by molar-refractivity contribution is 0.220. The summed E-state index contributed by atoms with van der Waals surface area (Å²) in [6.45, 7) is 0. The first-order valence-corrected chi connectivity index (χ1v) is 5.38. The Labute approximate surface area is 100 Å². The van der Waals surface area contributed by atoms with E-state index < -0.39 is 6.10 Å². The molecule has 3 N–H and O–H groups in total. The van der Waals surface area contributed by atoms with Crippen molar-refractivity contribution in [3.05, 3.63) is 59.7 Å². The molecule has 0 saturated carbocycles. The van der Waals surface area contributed by atoms with Crippen LogP contribution in [-0.4, -0.2) is 12.2 Å². The maximum Gasteiger partial charge on any atom is 0.118 e. The van der Waals surface area contributed by atoms with Gasteiger partial charge in [0.15, 0.2) is 0 Å². The molecule has 2 aromatic carbocycles. The third kappa shape index (κ3) is 2.57. The fraction of sp³-hybridized carbons (Fsp3) is 0.143. The summed E-state index contributed by atoms with van der Waals surface area (Å²) in [7, 11) is 1.62. The minimum Gasteiger partial charge on any atom is -0.497 e. The smallest absolute Gasteiger partial charge is 0.118 e. The van der Waals surface area contributed by atoms with E-state index in [0.717, 1.165) is 16.9 Å². The average Bonchev–Trinajstić information content (AvgIpc) is 2.39. The van der Waals surface area contributed by atoms with Crippen molar-refractivity contribution in [3.8, 4) is 5.75 Å². The summed E-state index contributed by atoms with van der Waals surface area (Å²) < 4.78 is 5.07. The Morgan fingerprint density at radius 2 is 1.41 bits per heavy atom. The Kier molecular flexibility index (Phi) is 3.30. The van der Waals surface area contributed by atoms with Crippen molar-refractivity contribution in [2.45, 2.75) is 6.10 Å². The van der Waals surface area contributed by atoms with Crippen molar-refractivity contribution in [2.75, 3.05) is 12.8 Å². The molecule has 1 unspecified atom stereocenters. The van der Waals surface area contributed by atoms with E-state index in [2.05, 4.69) is 0 Å². The molecule has 0 spiro atoms. The highest BCUT2D eigenvalue weighted by Crippen LogP contribution is 2.24. The first-order valence-electron chi connectivity index (χ1n) is 5.38. The first-order chi connectivity index (χ1) is 8.20. The van der Waals surface area contributed by atoms with Gasteiger partial charge >= 0.3 is 0 Å². The summed E-state index contributed by atoms with van der Waals surface area (Å²) in [6.07, 6.45) is -0.637. The van der Waals surface area contributed by atoms with Gasteiger partial charge in [0, 0.05) is 5.69 Å². The van der Waals surface area contributed by atoms with Gasteiger partial charge in [-0.2, -0.15) is 0 Å². The largest absolute Gasteiger partial charge is 0.497 e. The van der Waals surface area contributed by atoms with Crippen LogP contribution < -0.4 is 10.5 Å². The maximum atomic E-state index is 10.2. The van der Waals surface area contributed by atoms with Crippen LogP contribution in [0.5, 0.6) is 5.75 Å². The molecule has 2 aromatic rings. The van der Waals surface area contributed by atoms with Gasteiger partial charge in [-0.15, -0.1) is 0 Å². The Morgan fingerprint density at radius 3 is 1.88 bits per heavy atom. The van der Waals surface area contributed by atoms with Gasteiger partial charge in [0.25, 0.3) is 0 Å². The minimum atomic E-state index is -0.637. The van der Waals surface area contributed by atoms with Crippen LogP contribution in [0.3, 0.4) is 0 Å². The number of hydrogen-bond acceptors (Lipinski definition) is 3. The molecule has 3 nitrogen and oxygen atoms in total. The summed E-state index contributed by atoms with van der Waals surface area (Å²) in [5.74, 6) is 0.776. The Hall–Kier alpha value is -2.00. The molecular weight excluding hydrogens is 214 g/mol. The van der Waals surface area contributed by atoms with Gasteiger partial charge in [-0.25, -0.2) is 0 Å². The molecular formula is C14H15NO2. The summed E-state index contributed by atoms with van der Waals surface area (Å²) in [4.78, 5) is 0. The summed E-state index contributed by atoms with van der Waals surface area (Å²) in [5, 5.41) is 10.2. The minimum absolute atomic E-state index is 0.637. The lowest BCUT2D eigenvalue weighted by Gasteiger charge is -2.12. The van der Waals surface area contributed by atoms with Gasteiger partial charge in [0.1, 0.15) is 11.9 Å². The highest BCUT2D eigenvalue weighted by atomic mass is 16.5. The number of aliphatic hydroxyl groups is 1. The predicted molar refractivity (Wildman–Crippen MR) is 67.9 cm³/mol. The number of nitrogen functional groups attached to an aromatic ring is 1. The van der Waals surface area contributed by atoms with Crippen LogP contribution in [-0.2, 0) is 0 Å². The molecule has 0 radical (unpaired) electrons. The first kappa shape index (κ1) is 11.5. The van der Waals surface area contributed by atoms with Crippen LogP contribution in [0.2, 0.25) is 0 Å². The van der Waals surface area contributed by atoms with Crippen LogP contribution in [0.15, 0.2) is 48.5 Å². The molecule has 0 aliphatic carbocycles. The standard InChI is InChI=1S/C14H15NO2/c1-17-13-8-4-11(5-9-13)14(16)10-2-6-12(15)7-3-10/h2-9,14,16H,15H2,1H3. The van der Waals surface area contributed by atoms with Crippen molar-refractivity contribution in [2.24, 2.45) is 0 Å². The van der Waals surface area contributed by atoms with E-state index in [1.54, 1.807) is 19.2 Å². The quantitative estimate of drug-likeness (QED) is 0.794. The Bertz CT molecular complexity index is 477. The monoisotopic (exact) mass is 229 g/mol. The number of anilines is 1. The van der Waals surface area contributed by atoms with Crippen molar-refractivity contribution in [1.29, 1.82) is 0 Å². The third-order valence-electron chi connectivity index (χ3n) is 2.68. The van der Waals surface area contributed by atoms with E-state index in [-0.39, 0.29) is 0 Å². The van der Waals surface area contributed by atoms with Gasteiger partial charge in [0.2, 0.25) is 0 Å². The van der Waals surface area contributed by atoms with Crippen LogP contribution in [0, 0.1) is 0 Å². The predicted octanol–water partition coefficient (Wildman–Crippen LogP) is 2.36. The van der Waals surface area contributed by atoms with Crippen LogP contribution >= 0.6 is 0 Å². The maximum absolute atomic E-state index is 10.2. The van der Waals surface area contributed by atoms with Gasteiger partial charge in [0.05, 0.1) is 7.11 Å². The number of aliphatic hydroxyl groups excluding tert-OH is 1. The fourth-order valence-electron chi connectivity index (χ4n) is 1.66. The molecule has 0 heterocycles. The van der Waals surface area contributed by atoms with Crippen molar-refractivity contribution in [1.82, 2.24) is 0 Å². The number of rotatable bonds is 3. The van der Waals surface area contributed by atoms with Gasteiger partial charge in [-0.1, -0.05) is 24.3 Å². The Balaban J connectivity index is 2.23. The molecule has 17 heavy (non-hydrogen) atoms. The normalized spacial score (nSPS) is 12.1. The second kappa shape index (κ2) is 4.89. The molecule has 0 saturated heterocycles. The van der Waals surface area contributed by atoms with E-state index in [9.17, 15) is 5.11 Å². The van der Waals surface area contributed by atoms with E-state index in [1.165, 1.54) is 0 Å². The van der Waals surface area contributed by atoms with E-state index in [1.807, 2.05) is 36.4 Å². The molecule has 3 heteroatoms. The van der Waals surface area contributed by atoms with E-state index in [0.29, 0.717) is 5.69 Å². The number of ether oxygens (including phenoxy) is 1. The summed E-state index contributed by atoms with van der Waals surface area (Å²) in [5.41, 5.74) is 7.95. The van der Waals surface area contributed by atoms with Crippen LogP contribution in [0.1, 0.15) is 17.2 Å². The van der Waals surface area contributed by atoms with E-state index in [4.69, 9.17) is 10.5 Å². The molecule has 88 valence electrons. The number of methoxy groups -OCH3 is 1. The highest BCUT2D eigenvalue weighted by molar-refractivity contribution is 5.42. The van der Waals surface area contributed by atoms with E-state index >= 15 is 0 Å². The molecule has 0 amide bonds. The molecule has 0 fully saturated rings. The number of nitrogens with two attached hydrogens (primary N) is 1. The molecule has 0 aromatic heterocycles. The molecule has 0 aliphatic rings. The van der Waals surface area contributed by atoms with Crippen molar-refractivity contribution < 1.29 is 9.84 Å². The summed E-state index contributed by atoms with van der Waals surface area (Å²) >= 11 is 0. The van der Waals surface area contributed by atoms with Crippen LogP contribution in [0.25, 0.3) is 0 Å². The lowest BCUT2D eigenvalue weighted by atomic mass is 10.0. The van der Waals surface area contributed by atoms with Crippen molar-refractivity contribution in [3.63, 3.8) is 0 Å². The van der Waals surface area contributed by atoms with Crippen LogP contribution in [0.4, 0.5) is 5.69 Å². The van der Waals surface area contributed by atoms with Crippen molar-refractivity contribution >= 4 is 5.69 Å². The second-order valence-corrected chi connectivity index (χ2v) is 3.84. The molecule has 2 rings (SSSR count). The van der Waals surface area contributed by atoms with Gasteiger partial charge in [-0.3, -0.25) is 0 Å². The molecule has 0 aliphatic heterocycles. The summed E-state index contributed by atoms with van der Waals surface area (Å²) in [6, 6.07) is 14.6. The second-order valence-electron chi connectivity index (χ2n) is 3.84.